The average molecular weight is 153 g/mol. The Bertz CT molecular complexity index is 102. The molecule has 0 aliphatic heterocycles. The van der Waals surface area contributed by atoms with Gasteiger partial charge in [0.15, 0.2) is 0 Å². The maximum absolute atomic E-state index is 6.57. The number of rotatable bonds is 7. The highest BCUT2D eigenvalue weighted by molar-refractivity contribution is 4.57. The van der Waals surface area contributed by atoms with E-state index in [2.05, 4.69) is 11.8 Å². The van der Waals surface area contributed by atoms with Crippen molar-refractivity contribution in [2.24, 2.45) is 0 Å². The Labute approximate surface area is 70.6 Å². The van der Waals surface area contributed by atoms with Gasteiger partial charge in [-0.3, -0.25) is 0 Å². The molecule has 11 heavy (non-hydrogen) atoms. The molecule has 0 aliphatic carbocycles. The highest BCUT2D eigenvalue weighted by Gasteiger charge is 1.90. The molecule has 0 aromatic carbocycles. The lowest BCUT2D eigenvalue weighted by molar-refractivity contribution is 0.599. The van der Waals surface area contributed by atoms with Crippen molar-refractivity contribution in [1.29, 1.82) is 0 Å². The number of hydrogen-bond donors (Lipinski definition) is 0. The Morgan fingerprint density at radius 1 is 0.909 bits per heavy atom. The van der Waals surface area contributed by atoms with E-state index < -0.39 is 0 Å². The van der Waals surface area contributed by atoms with E-state index >= 15 is 0 Å². The Kier molecular flexibility index (Phi) is 9.05. The Hall–Kier alpha value is -0.510. The Morgan fingerprint density at radius 2 is 1.45 bits per heavy atom. The lowest BCUT2D eigenvalue weighted by Gasteiger charge is -1.96. The summed E-state index contributed by atoms with van der Waals surface area (Å²) in [4.78, 5) is 3.32. The maximum Gasteiger partial charge on any atom is 0.214 e. The van der Waals surface area contributed by atoms with Crippen molar-refractivity contribution in [3.8, 4) is 0 Å². The van der Waals surface area contributed by atoms with Gasteiger partial charge in [0.25, 0.3) is 0 Å². The molecule has 0 radical (unpaired) electrons. The zero-order chi connectivity index (χ0) is 8.36. The van der Waals surface area contributed by atoms with Crippen molar-refractivity contribution in [2.45, 2.75) is 51.9 Å². The molecule has 0 N–H and O–H groups in total. The van der Waals surface area contributed by atoms with Gasteiger partial charge in [0.2, 0.25) is 6.54 Å². The van der Waals surface area contributed by atoms with Gasteiger partial charge in [-0.25, -0.2) is 6.57 Å². The van der Waals surface area contributed by atoms with Crippen LogP contribution in [0.1, 0.15) is 51.9 Å². The van der Waals surface area contributed by atoms with Crippen molar-refractivity contribution in [3.05, 3.63) is 11.4 Å². The topological polar surface area (TPSA) is 4.36 Å². The summed E-state index contributed by atoms with van der Waals surface area (Å²) in [6.07, 6.45) is 9.14. The summed E-state index contributed by atoms with van der Waals surface area (Å²) < 4.78 is 0. The molecule has 0 aromatic rings. The molecule has 0 unspecified atom stereocenters. The third-order valence-electron chi connectivity index (χ3n) is 1.87. The monoisotopic (exact) mass is 153 g/mol. The largest absolute Gasteiger partial charge is 0.317 e. The van der Waals surface area contributed by atoms with Gasteiger partial charge in [0.05, 0.1) is 0 Å². The summed E-state index contributed by atoms with van der Waals surface area (Å²) in [5.74, 6) is 0. The molecular formula is C10H19N. The molecule has 0 rings (SSSR count). The third-order valence-corrected chi connectivity index (χ3v) is 1.87. The van der Waals surface area contributed by atoms with Gasteiger partial charge in [0.1, 0.15) is 0 Å². The molecule has 1 heteroatoms. The van der Waals surface area contributed by atoms with Crippen molar-refractivity contribution in [3.63, 3.8) is 0 Å². The first kappa shape index (κ1) is 10.5. The van der Waals surface area contributed by atoms with E-state index in [4.69, 9.17) is 6.57 Å². The summed E-state index contributed by atoms with van der Waals surface area (Å²) in [5, 5.41) is 0. The Balaban J connectivity index is 2.75. The highest BCUT2D eigenvalue weighted by Crippen LogP contribution is 2.06. The quantitative estimate of drug-likeness (QED) is 0.388. The van der Waals surface area contributed by atoms with Crippen LogP contribution in [0.2, 0.25) is 0 Å². The predicted octanol–water partition coefficient (Wildman–Crippen LogP) is 3.66. The van der Waals surface area contributed by atoms with Crippen LogP contribution in [-0.4, -0.2) is 6.54 Å². The van der Waals surface area contributed by atoms with Crippen LogP contribution >= 0.6 is 0 Å². The number of unbranched alkanes of at least 4 members (excludes halogenated alkanes) is 6. The molecule has 0 bridgehead atoms. The van der Waals surface area contributed by atoms with Crippen LogP contribution in [0.4, 0.5) is 0 Å². The summed E-state index contributed by atoms with van der Waals surface area (Å²) in [7, 11) is 0. The third kappa shape index (κ3) is 9.49. The van der Waals surface area contributed by atoms with Gasteiger partial charge >= 0.3 is 0 Å². The fraction of sp³-hybridized carbons (Fsp3) is 0.900. The first-order valence-electron chi connectivity index (χ1n) is 4.75. The van der Waals surface area contributed by atoms with E-state index in [0.29, 0.717) is 0 Å². The first-order chi connectivity index (χ1) is 5.41. The first-order valence-corrected chi connectivity index (χ1v) is 4.75. The lowest BCUT2D eigenvalue weighted by atomic mass is 10.1. The predicted molar refractivity (Wildman–Crippen MR) is 49.5 cm³/mol. The van der Waals surface area contributed by atoms with Gasteiger partial charge in [-0.05, 0) is 6.42 Å². The second kappa shape index (κ2) is 9.49. The van der Waals surface area contributed by atoms with Gasteiger partial charge in [-0.15, -0.1) is 0 Å². The summed E-state index contributed by atoms with van der Waals surface area (Å²) in [6.45, 7) is 9.54. The fourth-order valence-corrected chi connectivity index (χ4v) is 1.15. The molecule has 0 aromatic heterocycles. The van der Waals surface area contributed by atoms with Crippen LogP contribution in [0.3, 0.4) is 0 Å². The van der Waals surface area contributed by atoms with E-state index in [0.717, 1.165) is 13.0 Å². The van der Waals surface area contributed by atoms with Crippen LogP contribution in [-0.2, 0) is 0 Å². The van der Waals surface area contributed by atoms with Gasteiger partial charge in [0, 0.05) is 6.42 Å². The van der Waals surface area contributed by atoms with Crippen molar-refractivity contribution >= 4 is 0 Å². The van der Waals surface area contributed by atoms with Crippen LogP contribution in [0.15, 0.2) is 0 Å². The molecule has 1 nitrogen and oxygen atoms in total. The molecule has 0 fully saturated rings. The molecular weight excluding hydrogens is 134 g/mol. The minimum atomic E-state index is 0.730. The second-order valence-corrected chi connectivity index (χ2v) is 3.00. The van der Waals surface area contributed by atoms with Crippen molar-refractivity contribution in [2.75, 3.05) is 6.54 Å². The highest BCUT2D eigenvalue weighted by atomic mass is 14.6. The van der Waals surface area contributed by atoms with Crippen molar-refractivity contribution in [1.82, 2.24) is 0 Å². The van der Waals surface area contributed by atoms with E-state index in [-0.39, 0.29) is 0 Å². The van der Waals surface area contributed by atoms with E-state index in [1.807, 2.05) is 0 Å². The standard InChI is InChI=1S/C10H19N/c1-3-4-5-6-7-8-9-10-11-2/h3-10H2,1H3. The average Bonchev–Trinajstić information content (AvgIpc) is 2.03. The smallest absolute Gasteiger partial charge is 0.214 e. The molecule has 0 saturated carbocycles. The zero-order valence-corrected chi connectivity index (χ0v) is 7.60. The van der Waals surface area contributed by atoms with Crippen LogP contribution in [0.5, 0.6) is 0 Å². The summed E-state index contributed by atoms with van der Waals surface area (Å²) in [6, 6.07) is 0. The number of nitrogens with zero attached hydrogens (tertiary/aromatic N) is 1. The molecule has 0 aliphatic rings. The molecule has 0 heterocycles. The molecule has 0 saturated heterocycles. The van der Waals surface area contributed by atoms with E-state index in [1.54, 1.807) is 0 Å². The van der Waals surface area contributed by atoms with Gasteiger partial charge in [-0.1, -0.05) is 39.0 Å². The maximum atomic E-state index is 6.57. The minimum Gasteiger partial charge on any atom is -0.317 e. The molecule has 64 valence electrons. The lowest BCUT2D eigenvalue weighted by Crippen LogP contribution is -1.81. The zero-order valence-electron chi connectivity index (χ0n) is 7.60. The second-order valence-electron chi connectivity index (χ2n) is 3.00. The van der Waals surface area contributed by atoms with E-state index in [9.17, 15) is 0 Å². The normalized spacial score (nSPS) is 9.45. The molecule has 0 amide bonds. The SMILES string of the molecule is [C-]#[N+]CCCCCCCCC. The van der Waals surface area contributed by atoms with Crippen LogP contribution in [0.25, 0.3) is 4.85 Å². The molecule has 0 spiro atoms. The summed E-state index contributed by atoms with van der Waals surface area (Å²) >= 11 is 0. The van der Waals surface area contributed by atoms with Gasteiger partial charge in [-0.2, -0.15) is 0 Å². The van der Waals surface area contributed by atoms with Gasteiger partial charge < -0.3 is 4.85 Å². The van der Waals surface area contributed by atoms with Crippen LogP contribution in [0, 0.1) is 6.57 Å². The van der Waals surface area contributed by atoms with Crippen LogP contribution < -0.4 is 0 Å². The van der Waals surface area contributed by atoms with E-state index in [1.165, 1.54) is 38.5 Å². The number of hydrogen-bond acceptors (Lipinski definition) is 0. The minimum absolute atomic E-state index is 0.730. The summed E-state index contributed by atoms with van der Waals surface area (Å²) in [5.41, 5.74) is 0. The Morgan fingerprint density at radius 3 is 2.00 bits per heavy atom. The fourth-order valence-electron chi connectivity index (χ4n) is 1.15. The molecule has 0 atom stereocenters. The van der Waals surface area contributed by atoms with Crippen molar-refractivity contribution < 1.29 is 0 Å².